The summed E-state index contributed by atoms with van der Waals surface area (Å²) in [6.07, 6.45) is 0.952. The number of rotatable bonds is 5. The van der Waals surface area contributed by atoms with E-state index < -0.39 is 10.8 Å². The van der Waals surface area contributed by atoms with Crippen LogP contribution in [-0.4, -0.2) is 21.8 Å². The second kappa shape index (κ2) is 5.98. The van der Waals surface area contributed by atoms with Crippen molar-refractivity contribution in [2.24, 2.45) is 5.92 Å². The van der Waals surface area contributed by atoms with Crippen LogP contribution in [0.4, 0.5) is 0 Å². The van der Waals surface area contributed by atoms with Crippen molar-refractivity contribution in [1.82, 2.24) is 5.32 Å². The summed E-state index contributed by atoms with van der Waals surface area (Å²) in [5, 5.41) is 3.75. The molecule has 2 rings (SSSR count). The lowest BCUT2D eigenvalue weighted by Crippen LogP contribution is -2.33. The molecule has 1 aliphatic rings. The number of nitrogens with one attached hydrogen (secondary N) is 1. The van der Waals surface area contributed by atoms with Crippen LogP contribution in [0.1, 0.15) is 37.9 Å². The Balaban J connectivity index is 2.20. The quantitative estimate of drug-likeness (QED) is 0.887. The third-order valence-corrected chi connectivity index (χ3v) is 5.55. The molecule has 3 heteroatoms. The number of fused-ring (bicyclic) bond motifs is 1. The monoisotopic (exact) mass is 265 g/mol. The first kappa shape index (κ1) is 13.8. The molecule has 1 aliphatic carbocycles. The standard InChI is InChI=1S/C15H23NOS/c1-4-16-15-13-8-6-5-7-12(13)9-14(15)18(17)10-11(2)3/h5-8,11,14-16H,4,9-10H2,1-3H3. The van der Waals surface area contributed by atoms with Crippen LogP contribution >= 0.6 is 0 Å². The molecule has 0 amide bonds. The van der Waals surface area contributed by atoms with Crippen LogP contribution in [0.25, 0.3) is 0 Å². The fraction of sp³-hybridized carbons (Fsp3) is 0.600. The average Bonchev–Trinajstić information content (AvgIpc) is 2.68. The van der Waals surface area contributed by atoms with E-state index in [0.717, 1.165) is 18.7 Å². The molecule has 0 bridgehead atoms. The highest BCUT2D eigenvalue weighted by molar-refractivity contribution is 7.85. The summed E-state index contributed by atoms with van der Waals surface area (Å²) in [4.78, 5) is 0. The maximum atomic E-state index is 12.5. The van der Waals surface area contributed by atoms with Crippen molar-refractivity contribution in [1.29, 1.82) is 0 Å². The summed E-state index contributed by atoms with van der Waals surface area (Å²) in [6, 6.07) is 8.78. The van der Waals surface area contributed by atoms with Crippen LogP contribution in [0.5, 0.6) is 0 Å². The second-order valence-electron chi connectivity index (χ2n) is 5.42. The molecular weight excluding hydrogens is 242 g/mol. The smallest absolute Gasteiger partial charge is 0.0583 e. The zero-order valence-electron chi connectivity index (χ0n) is 11.5. The van der Waals surface area contributed by atoms with Gasteiger partial charge in [-0.1, -0.05) is 45.0 Å². The first-order chi connectivity index (χ1) is 8.63. The van der Waals surface area contributed by atoms with Crippen molar-refractivity contribution < 1.29 is 4.21 Å². The van der Waals surface area contributed by atoms with Gasteiger partial charge in [0.1, 0.15) is 0 Å². The lowest BCUT2D eigenvalue weighted by molar-refractivity contribution is 0.543. The molecule has 0 saturated carbocycles. The van der Waals surface area contributed by atoms with Crippen molar-refractivity contribution in [2.45, 2.75) is 38.5 Å². The number of hydrogen-bond donors (Lipinski definition) is 1. The molecule has 18 heavy (non-hydrogen) atoms. The Morgan fingerprint density at radius 2 is 2.11 bits per heavy atom. The van der Waals surface area contributed by atoms with Gasteiger partial charge in [0.15, 0.2) is 0 Å². The highest BCUT2D eigenvalue weighted by Crippen LogP contribution is 2.34. The largest absolute Gasteiger partial charge is 0.309 e. The third kappa shape index (κ3) is 2.83. The highest BCUT2D eigenvalue weighted by Gasteiger charge is 2.35. The van der Waals surface area contributed by atoms with Gasteiger partial charge in [0.2, 0.25) is 0 Å². The molecule has 3 atom stereocenters. The maximum Gasteiger partial charge on any atom is 0.0583 e. The van der Waals surface area contributed by atoms with Gasteiger partial charge >= 0.3 is 0 Å². The van der Waals surface area contributed by atoms with E-state index in [9.17, 15) is 4.21 Å². The van der Waals surface area contributed by atoms with Crippen LogP contribution in [0.15, 0.2) is 24.3 Å². The molecule has 0 fully saturated rings. The van der Waals surface area contributed by atoms with Gasteiger partial charge in [-0.3, -0.25) is 4.21 Å². The van der Waals surface area contributed by atoms with E-state index in [1.54, 1.807) is 0 Å². The highest BCUT2D eigenvalue weighted by atomic mass is 32.2. The number of benzene rings is 1. The summed E-state index contributed by atoms with van der Waals surface area (Å²) >= 11 is 0. The van der Waals surface area contributed by atoms with Crippen LogP contribution in [0.3, 0.4) is 0 Å². The molecule has 0 saturated heterocycles. The molecule has 1 aromatic rings. The predicted molar refractivity (Wildman–Crippen MR) is 78.2 cm³/mol. The van der Waals surface area contributed by atoms with Crippen LogP contribution < -0.4 is 5.32 Å². The first-order valence-corrected chi connectivity index (χ1v) is 8.20. The van der Waals surface area contributed by atoms with E-state index >= 15 is 0 Å². The van der Waals surface area contributed by atoms with Gasteiger partial charge in [0, 0.05) is 22.6 Å². The minimum Gasteiger partial charge on any atom is -0.309 e. The summed E-state index contributed by atoms with van der Waals surface area (Å²) < 4.78 is 12.5. The predicted octanol–water partition coefficient (Wildman–Crippen LogP) is 2.67. The Morgan fingerprint density at radius 1 is 1.39 bits per heavy atom. The lowest BCUT2D eigenvalue weighted by atomic mass is 10.1. The SMILES string of the molecule is CCNC1c2ccccc2CC1S(=O)CC(C)C. The summed E-state index contributed by atoms with van der Waals surface area (Å²) in [7, 11) is -0.746. The molecule has 0 aromatic heterocycles. The lowest BCUT2D eigenvalue weighted by Gasteiger charge is -2.21. The molecule has 1 aromatic carbocycles. The fourth-order valence-corrected chi connectivity index (χ4v) is 4.53. The van der Waals surface area contributed by atoms with Gasteiger partial charge in [0.05, 0.1) is 5.25 Å². The van der Waals surface area contributed by atoms with Crippen molar-refractivity contribution >= 4 is 10.8 Å². The van der Waals surface area contributed by atoms with Gasteiger partial charge in [-0.15, -0.1) is 0 Å². The minimum atomic E-state index is -0.746. The Kier molecular flexibility index (Phi) is 4.57. The van der Waals surface area contributed by atoms with E-state index in [-0.39, 0.29) is 11.3 Å². The number of hydrogen-bond acceptors (Lipinski definition) is 2. The normalized spacial score (nSPS) is 24.2. The zero-order valence-corrected chi connectivity index (χ0v) is 12.3. The maximum absolute atomic E-state index is 12.5. The fourth-order valence-electron chi connectivity index (χ4n) is 2.72. The first-order valence-electron chi connectivity index (χ1n) is 6.81. The van der Waals surface area contributed by atoms with Crippen LogP contribution in [0, 0.1) is 5.92 Å². The van der Waals surface area contributed by atoms with Crippen molar-refractivity contribution in [3.05, 3.63) is 35.4 Å². The van der Waals surface area contributed by atoms with E-state index in [1.807, 2.05) is 0 Å². The molecule has 3 unspecified atom stereocenters. The molecule has 0 radical (unpaired) electrons. The molecule has 0 spiro atoms. The summed E-state index contributed by atoms with van der Waals surface area (Å²) in [5.74, 6) is 1.30. The van der Waals surface area contributed by atoms with E-state index in [2.05, 4.69) is 50.4 Å². The Hall–Kier alpha value is -0.670. The van der Waals surface area contributed by atoms with Crippen LogP contribution in [0.2, 0.25) is 0 Å². The Labute approximate surface area is 113 Å². The molecule has 0 heterocycles. The van der Waals surface area contributed by atoms with E-state index in [1.165, 1.54) is 11.1 Å². The zero-order chi connectivity index (χ0) is 13.1. The van der Waals surface area contributed by atoms with Gasteiger partial charge in [-0.05, 0) is 30.0 Å². The molecule has 1 N–H and O–H groups in total. The second-order valence-corrected chi connectivity index (χ2v) is 7.12. The topological polar surface area (TPSA) is 29.1 Å². The van der Waals surface area contributed by atoms with E-state index in [4.69, 9.17) is 0 Å². The molecule has 100 valence electrons. The molecule has 0 aliphatic heterocycles. The van der Waals surface area contributed by atoms with E-state index in [0.29, 0.717) is 5.92 Å². The van der Waals surface area contributed by atoms with Gasteiger partial charge in [0.25, 0.3) is 0 Å². The molecular formula is C15H23NOS. The summed E-state index contributed by atoms with van der Waals surface area (Å²) in [5.41, 5.74) is 2.71. The van der Waals surface area contributed by atoms with Crippen molar-refractivity contribution in [3.63, 3.8) is 0 Å². The van der Waals surface area contributed by atoms with Crippen molar-refractivity contribution in [2.75, 3.05) is 12.3 Å². The minimum absolute atomic E-state index is 0.241. The van der Waals surface area contributed by atoms with Gasteiger partial charge < -0.3 is 5.32 Å². The van der Waals surface area contributed by atoms with Gasteiger partial charge in [-0.2, -0.15) is 0 Å². The Morgan fingerprint density at radius 3 is 2.78 bits per heavy atom. The van der Waals surface area contributed by atoms with Gasteiger partial charge in [-0.25, -0.2) is 0 Å². The molecule has 2 nitrogen and oxygen atoms in total. The average molecular weight is 265 g/mol. The third-order valence-electron chi connectivity index (χ3n) is 3.44. The van der Waals surface area contributed by atoms with Crippen molar-refractivity contribution in [3.8, 4) is 0 Å². The summed E-state index contributed by atoms with van der Waals surface area (Å²) in [6.45, 7) is 7.32. The Bertz CT molecular complexity index is 430. The van der Waals surface area contributed by atoms with Crippen LogP contribution in [-0.2, 0) is 17.2 Å².